The lowest BCUT2D eigenvalue weighted by Gasteiger charge is -2.41. The van der Waals surface area contributed by atoms with Gasteiger partial charge >= 0.3 is 0 Å². The number of fused-ring (bicyclic) bond motifs is 10. The van der Waals surface area contributed by atoms with Gasteiger partial charge in [-0.25, -0.2) is 0 Å². The molecule has 0 bridgehead atoms. The third-order valence-corrected chi connectivity index (χ3v) is 27.5. The number of nitrogens with zero attached hydrogens (tertiary/aromatic N) is 2. The van der Waals surface area contributed by atoms with Crippen LogP contribution in [0.25, 0.3) is 130 Å². The summed E-state index contributed by atoms with van der Waals surface area (Å²) < 4.78 is 0. The Kier molecular flexibility index (Phi) is 9.69. The molecule has 86 heavy (non-hydrogen) atoms. The minimum absolute atomic E-state index is 1.16. The Hall–Kier alpha value is -10.1. The van der Waals surface area contributed by atoms with Gasteiger partial charge in [-0.3, -0.25) is 0 Å². The van der Waals surface area contributed by atoms with E-state index in [9.17, 15) is 0 Å². The summed E-state index contributed by atoms with van der Waals surface area (Å²) in [5, 5.41) is 31.5. The molecule has 0 amide bonds. The van der Waals surface area contributed by atoms with E-state index >= 15 is 0 Å². The van der Waals surface area contributed by atoms with E-state index in [-0.39, 0.29) is 0 Å². The minimum Gasteiger partial charge on any atom is -0.311 e. The van der Waals surface area contributed by atoms with Crippen molar-refractivity contribution in [2.75, 3.05) is 9.80 Å². The fraction of sp³-hybridized carbons (Fsp3) is 0.0488. The van der Waals surface area contributed by atoms with E-state index in [2.05, 4.69) is 303 Å². The quantitative estimate of drug-likeness (QED) is 0.0984. The number of rotatable bonds is 4. The van der Waals surface area contributed by atoms with Crippen LogP contribution in [-0.4, -0.2) is 16.1 Å². The normalized spacial score (nSPS) is 14.4. The van der Waals surface area contributed by atoms with Gasteiger partial charge in [0.05, 0.1) is 0 Å². The van der Waals surface area contributed by atoms with E-state index in [0.29, 0.717) is 0 Å². The van der Waals surface area contributed by atoms with Crippen LogP contribution in [0.4, 0.5) is 34.1 Å². The summed E-state index contributed by atoms with van der Waals surface area (Å²) in [6, 6.07) is 103. The molecule has 2 nitrogen and oxygen atoms in total. The van der Waals surface area contributed by atoms with Crippen molar-refractivity contribution in [3.63, 3.8) is 0 Å². The molecule has 19 rings (SSSR count). The minimum atomic E-state index is -2.08. The van der Waals surface area contributed by atoms with Crippen molar-refractivity contribution in [3.8, 4) is 22.3 Å². The van der Waals surface area contributed by atoms with Gasteiger partial charge in [-0.2, -0.15) is 0 Å². The summed E-state index contributed by atoms with van der Waals surface area (Å²) in [4.78, 5) is 5.15. The average Bonchev–Trinajstić information content (AvgIpc) is 0.963. The van der Waals surface area contributed by atoms with E-state index in [1.807, 2.05) is 0 Å². The van der Waals surface area contributed by atoms with Gasteiger partial charge in [0, 0.05) is 34.1 Å². The van der Waals surface area contributed by atoms with Crippen LogP contribution >= 0.6 is 0 Å². The third-order valence-electron chi connectivity index (χ3n) is 20.5. The van der Waals surface area contributed by atoms with Crippen molar-refractivity contribution in [1.82, 2.24) is 0 Å². The molecule has 0 aliphatic carbocycles. The number of hydrogen-bond acceptors (Lipinski definition) is 2. The van der Waals surface area contributed by atoms with Crippen molar-refractivity contribution in [3.05, 3.63) is 267 Å². The SMILES string of the molecule is C[Si]1(C)c2ccccc2N(c2ccc3c(-c4ccc5c6cccc7cccc(c8cccc4c85)c76)c4cc(N5c6ccccc6[Si](C)(C)c6ccccc65)ccc4c(-c4ccc5c6cccc7cccc(c8cccc4c85)c76)c3c2)c2ccccc21. The maximum absolute atomic E-state index is 2.57. The first-order valence-electron chi connectivity index (χ1n) is 30.4. The molecule has 0 N–H and O–H groups in total. The maximum Gasteiger partial charge on any atom is 0.117 e. The predicted octanol–water partition coefficient (Wildman–Crippen LogP) is 20.6. The van der Waals surface area contributed by atoms with Crippen LogP contribution in [0.15, 0.2) is 267 Å². The molecule has 0 unspecified atom stereocenters. The molecule has 4 heteroatoms. The lowest BCUT2D eigenvalue weighted by Crippen LogP contribution is -2.58. The molecule has 2 aliphatic rings. The molecule has 2 aliphatic heterocycles. The zero-order valence-corrected chi connectivity index (χ0v) is 50.3. The smallest absolute Gasteiger partial charge is 0.117 e. The fourth-order valence-electron chi connectivity index (χ4n) is 16.7. The Morgan fingerprint density at radius 3 is 0.849 bits per heavy atom. The van der Waals surface area contributed by atoms with Crippen LogP contribution in [0.5, 0.6) is 0 Å². The lowest BCUT2D eigenvalue weighted by molar-refractivity contribution is 1.29. The standard InChI is InChI=1S/C82H56N2Si2/c1-85(2)73-35-9-5-31-69(73)83(70-32-6-10-36-74(70)85)51-39-41-65-67(47-51)81(63-45-43-61-55-25-15-21-49-19-13-23-53(77(49)55)57-27-17-29-59(63)79(57)61)66-42-40-52(84-71-33-7-11-37-75(71)86(3,4)76-38-12-8-34-72(76)84)48-68(66)82(65)64-46-44-62-56-26-16-22-50-20-14-24-54(78(50)56)58-28-18-30-60(64)80(58)62/h5-48H,1-4H3. The molecule has 0 fully saturated rings. The Morgan fingerprint density at radius 2 is 0.500 bits per heavy atom. The Morgan fingerprint density at radius 1 is 0.221 bits per heavy atom. The van der Waals surface area contributed by atoms with Crippen LogP contribution in [0.3, 0.4) is 0 Å². The van der Waals surface area contributed by atoms with E-state index in [1.165, 1.54) is 173 Å². The zero-order chi connectivity index (χ0) is 56.9. The highest BCUT2D eigenvalue weighted by Crippen LogP contribution is 2.54. The van der Waals surface area contributed by atoms with Crippen LogP contribution in [-0.2, 0) is 0 Å². The van der Waals surface area contributed by atoms with E-state index in [1.54, 1.807) is 0 Å². The highest BCUT2D eigenvalue weighted by molar-refractivity contribution is 7.03. The third kappa shape index (κ3) is 6.29. The molecule has 17 aromatic rings. The Labute approximate surface area is 500 Å². The molecule has 0 aromatic heterocycles. The molecule has 0 spiro atoms. The summed E-state index contributed by atoms with van der Waals surface area (Å²) in [5.74, 6) is 0. The molecule has 2 heterocycles. The van der Waals surface area contributed by atoms with Crippen LogP contribution < -0.4 is 30.5 Å². The first kappa shape index (κ1) is 48.3. The van der Waals surface area contributed by atoms with Gasteiger partial charge in [0.25, 0.3) is 0 Å². The van der Waals surface area contributed by atoms with Gasteiger partial charge in [0.15, 0.2) is 0 Å². The molecule has 0 atom stereocenters. The van der Waals surface area contributed by atoms with Crippen LogP contribution in [0, 0.1) is 0 Å². The number of hydrogen-bond donors (Lipinski definition) is 0. The number of para-hydroxylation sites is 4. The van der Waals surface area contributed by atoms with Gasteiger partial charge in [0.2, 0.25) is 0 Å². The lowest BCUT2D eigenvalue weighted by atomic mass is 9.81. The van der Waals surface area contributed by atoms with Crippen molar-refractivity contribution in [2.45, 2.75) is 26.2 Å². The second-order valence-electron chi connectivity index (χ2n) is 25.4. The Bertz CT molecular complexity index is 5260. The van der Waals surface area contributed by atoms with Gasteiger partial charge in [-0.1, -0.05) is 245 Å². The van der Waals surface area contributed by atoms with Gasteiger partial charge < -0.3 is 9.80 Å². The molecular formula is C82H56N2Si2. The summed E-state index contributed by atoms with van der Waals surface area (Å²) >= 11 is 0. The van der Waals surface area contributed by atoms with E-state index < -0.39 is 16.1 Å². The first-order valence-corrected chi connectivity index (χ1v) is 36.4. The Balaban J connectivity index is 0.992. The summed E-state index contributed by atoms with van der Waals surface area (Å²) in [7, 11) is -4.16. The van der Waals surface area contributed by atoms with Gasteiger partial charge in [-0.15, -0.1) is 0 Å². The summed E-state index contributed by atoms with van der Waals surface area (Å²) in [5.41, 5.74) is 12.4. The first-order chi connectivity index (χ1) is 42.2. The highest BCUT2D eigenvalue weighted by Gasteiger charge is 2.40. The number of benzene rings is 17. The fourth-order valence-corrected chi connectivity index (χ4v) is 22.7. The van der Waals surface area contributed by atoms with Gasteiger partial charge in [0.1, 0.15) is 16.1 Å². The highest BCUT2D eigenvalue weighted by atomic mass is 28.3. The van der Waals surface area contributed by atoms with Gasteiger partial charge in [-0.05, 0) is 199 Å². The molecule has 0 saturated heterocycles. The average molecular weight is 1130 g/mol. The molecule has 17 aromatic carbocycles. The molecule has 0 saturated carbocycles. The number of anilines is 6. The second kappa shape index (κ2) is 17.3. The summed E-state index contributed by atoms with van der Waals surface area (Å²) in [6.45, 7) is 10.1. The molecular weight excluding hydrogens is 1070 g/mol. The van der Waals surface area contributed by atoms with Crippen LogP contribution in [0.2, 0.25) is 26.2 Å². The largest absolute Gasteiger partial charge is 0.311 e. The van der Waals surface area contributed by atoms with Crippen LogP contribution in [0.1, 0.15) is 0 Å². The van der Waals surface area contributed by atoms with Crippen molar-refractivity contribution >= 4 is 179 Å². The second-order valence-corrected chi connectivity index (χ2v) is 34.1. The van der Waals surface area contributed by atoms with Crippen molar-refractivity contribution in [2.24, 2.45) is 0 Å². The predicted molar refractivity (Wildman–Crippen MR) is 378 cm³/mol. The van der Waals surface area contributed by atoms with E-state index in [0.717, 1.165) is 11.4 Å². The maximum atomic E-state index is 2.57. The van der Waals surface area contributed by atoms with Crippen molar-refractivity contribution in [1.29, 1.82) is 0 Å². The van der Waals surface area contributed by atoms with E-state index in [4.69, 9.17) is 0 Å². The van der Waals surface area contributed by atoms with Crippen molar-refractivity contribution < 1.29 is 0 Å². The topological polar surface area (TPSA) is 6.48 Å². The summed E-state index contributed by atoms with van der Waals surface area (Å²) in [6.07, 6.45) is 0. The molecule has 402 valence electrons. The molecule has 0 radical (unpaired) electrons. The zero-order valence-electron chi connectivity index (χ0n) is 48.3. The monoisotopic (exact) mass is 1120 g/mol.